The van der Waals surface area contributed by atoms with Crippen LogP contribution in [0, 0.1) is 0 Å². The molecule has 0 unspecified atom stereocenters. The second-order valence-corrected chi connectivity index (χ2v) is 6.29. The number of unbranched alkanes of at least 4 members (excludes halogenated alkanes) is 2. The molecule has 3 nitrogen and oxygen atoms in total. The van der Waals surface area contributed by atoms with Crippen LogP contribution in [0.25, 0.3) is 0 Å². The van der Waals surface area contributed by atoms with Crippen molar-refractivity contribution in [3.8, 4) is 5.75 Å². The number of hydrogen-bond donors (Lipinski definition) is 1. The first-order chi connectivity index (χ1) is 11.5. The molecule has 1 aromatic rings. The second-order valence-electron chi connectivity index (χ2n) is 6.29. The lowest BCUT2D eigenvalue weighted by atomic mass is 9.96. The Bertz CT molecular complexity index is 513. The third-order valence-corrected chi connectivity index (χ3v) is 4.55. The molecule has 24 heavy (non-hydrogen) atoms. The van der Waals surface area contributed by atoms with Crippen LogP contribution in [0.1, 0.15) is 49.8 Å². The van der Waals surface area contributed by atoms with Gasteiger partial charge in [-0.3, -0.25) is 4.90 Å². The first kappa shape index (κ1) is 19.1. The van der Waals surface area contributed by atoms with E-state index in [1.165, 1.54) is 13.2 Å². The van der Waals surface area contributed by atoms with Gasteiger partial charge < -0.3 is 10.1 Å². The minimum absolute atomic E-state index is 0.00912. The molecule has 0 aromatic heterocycles. The molecule has 0 saturated carbocycles. The molecule has 1 aliphatic rings. The van der Waals surface area contributed by atoms with Crippen LogP contribution in [-0.4, -0.2) is 38.2 Å². The SMILES string of the molecule is CCCCC[C@@H](c1cc(OC)cc(C(F)(F)F)c1)N1CCNCC1. The number of halogens is 3. The molecule has 1 aromatic carbocycles. The zero-order chi connectivity index (χ0) is 17.6. The molecule has 1 heterocycles. The van der Waals surface area contributed by atoms with Gasteiger partial charge in [-0.05, 0) is 30.2 Å². The molecule has 1 N–H and O–H groups in total. The Morgan fingerprint density at radius 2 is 1.88 bits per heavy atom. The van der Waals surface area contributed by atoms with Crippen LogP contribution in [0.5, 0.6) is 5.75 Å². The molecule has 1 atom stereocenters. The predicted molar refractivity (Wildman–Crippen MR) is 89.3 cm³/mol. The summed E-state index contributed by atoms with van der Waals surface area (Å²) in [6.45, 7) is 5.60. The maximum absolute atomic E-state index is 13.2. The molecule has 2 rings (SSSR count). The summed E-state index contributed by atoms with van der Waals surface area (Å²) < 4.78 is 44.8. The number of alkyl halides is 3. The van der Waals surface area contributed by atoms with Gasteiger partial charge in [0.15, 0.2) is 0 Å². The first-order valence-corrected chi connectivity index (χ1v) is 8.66. The van der Waals surface area contributed by atoms with E-state index >= 15 is 0 Å². The lowest BCUT2D eigenvalue weighted by Gasteiger charge is -2.35. The largest absolute Gasteiger partial charge is 0.497 e. The van der Waals surface area contributed by atoms with Gasteiger partial charge in [-0.25, -0.2) is 0 Å². The lowest BCUT2D eigenvalue weighted by Crippen LogP contribution is -2.45. The van der Waals surface area contributed by atoms with Crippen molar-refractivity contribution >= 4 is 0 Å². The number of methoxy groups -OCH3 is 1. The summed E-state index contributed by atoms with van der Waals surface area (Å²) in [6.07, 6.45) is -0.276. The summed E-state index contributed by atoms with van der Waals surface area (Å²) in [5.74, 6) is 0.274. The molecule has 0 amide bonds. The Balaban J connectivity index is 2.32. The zero-order valence-corrected chi connectivity index (χ0v) is 14.5. The molecule has 0 radical (unpaired) electrons. The first-order valence-electron chi connectivity index (χ1n) is 8.66. The number of nitrogens with one attached hydrogen (secondary N) is 1. The molecule has 0 spiro atoms. The van der Waals surface area contributed by atoms with Gasteiger partial charge in [0.05, 0.1) is 12.7 Å². The van der Waals surface area contributed by atoms with Gasteiger partial charge in [0.25, 0.3) is 0 Å². The van der Waals surface area contributed by atoms with Crippen molar-refractivity contribution in [1.82, 2.24) is 10.2 Å². The molecule has 0 bridgehead atoms. The molecule has 6 heteroatoms. The Morgan fingerprint density at radius 3 is 2.46 bits per heavy atom. The van der Waals surface area contributed by atoms with Gasteiger partial charge in [0, 0.05) is 32.2 Å². The minimum atomic E-state index is -4.36. The topological polar surface area (TPSA) is 24.5 Å². The van der Waals surface area contributed by atoms with Crippen LogP contribution in [-0.2, 0) is 6.18 Å². The fourth-order valence-corrected chi connectivity index (χ4v) is 3.24. The summed E-state index contributed by atoms with van der Waals surface area (Å²) >= 11 is 0. The van der Waals surface area contributed by atoms with Crippen molar-refractivity contribution in [3.05, 3.63) is 29.3 Å². The Hall–Kier alpha value is -1.27. The van der Waals surface area contributed by atoms with Gasteiger partial charge >= 0.3 is 6.18 Å². The molecular formula is C18H27F3N2O. The van der Waals surface area contributed by atoms with Crippen molar-refractivity contribution in [2.45, 2.75) is 44.8 Å². The van der Waals surface area contributed by atoms with Crippen LogP contribution in [0.2, 0.25) is 0 Å². The van der Waals surface area contributed by atoms with Gasteiger partial charge in [-0.1, -0.05) is 26.2 Å². The summed E-state index contributed by atoms with van der Waals surface area (Å²) in [4.78, 5) is 2.29. The monoisotopic (exact) mass is 344 g/mol. The highest BCUT2D eigenvalue weighted by molar-refractivity contribution is 5.37. The number of piperazine rings is 1. The number of nitrogens with zero attached hydrogens (tertiary/aromatic N) is 1. The third kappa shape index (κ3) is 5.11. The smallest absolute Gasteiger partial charge is 0.416 e. The van der Waals surface area contributed by atoms with Crippen molar-refractivity contribution in [2.75, 3.05) is 33.3 Å². The summed E-state index contributed by atoms with van der Waals surface area (Å²) in [5, 5.41) is 3.30. The molecule has 1 fully saturated rings. The van der Waals surface area contributed by atoms with E-state index in [1.54, 1.807) is 6.07 Å². The number of rotatable bonds is 7. The Morgan fingerprint density at radius 1 is 1.17 bits per heavy atom. The summed E-state index contributed by atoms with van der Waals surface area (Å²) in [5.41, 5.74) is 0.0761. The normalized spacial score (nSPS) is 17.7. The highest BCUT2D eigenvalue weighted by Gasteiger charge is 2.33. The quantitative estimate of drug-likeness (QED) is 0.749. The van der Waals surface area contributed by atoms with Gasteiger partial charge in [0.2, 0.25) is 0 Å². The maximum Gasteiger partial charge on any atom is 0.416 e. The Kier molecular flexibility index (Phi) is 6.92. The lowest BCUT2D eigenvalue weighted by molar-refractivity contribution is -0.137. The fraction of sp³-hybridized carbons (Fsp3) is 0.667. The van der Waals surface area contributed by atoms with Crippen LogP contribution < -0.4 is 10.1 Å². The third-order valence-electron chi connectivity index (χ3n) is 4.55. The van der Waals surface area contributed by atoms with E-state index < -0.39 is 11.7 Å². The predicted octanol–water partition coefficient (Wildman–Crippen LogP) is 4.24. The van der Waals surface area contributed by atoms with E-state index in [0.29, 0.717) is 5.56 Å². The average Bonchev–Trinajstić information content (AvgIpc) is 2.58. The highest BCUT2D eigenvalue weighted by Crippen LogP contribution is 2.36. The number of hydrogen-bond acceptors (Lipinski definition) is 3. The molecule has 0 aliphatic carbocycles. The van der Waals surface area contributed by atoms with E-state index in [4.69, 9.17) is 4.74 Å². The number of benzene rings is 1. The summed E-state index contributed by atoms with van der Waals surface area (Å²) in [7, 11) is 1.41. The zero-order valence-electron chi connectivity index (χ0n) is 14.5. The van der Waals surface area contributed by atoms with Crippen LogP contribution >= 0.6 is 0 Å². The van der Waals surface area contributed by atoms with Gasteiger partial charge in [-0.15, -0.1) is 0 Å². The number of ether oxygens (including phenoxy) is 1. The van der Waals surface area contributed by atoms with E-state index in [-0.39, 0.29) is 11.8 Å². The standard InChI is InChI=1S/C18H27F3N2O/c1-3-4-5-6-17(23-9-7-22-8-10-23)14-11-15(18(19,20)21)13-16(12-14)24-2/h11-13,17,22H,3-10H2,1-2H3/t17-/m0/s1. The molecule has 136 valence electrons. The van der Waals surface area contributed by atoms with E-state index in [1.807, 2.05) is 0 Å². The van der Waals surface area contributed by atoms with E-state index in [0.717, 1.165) is 57.9 Å². The van der Waals surface area contributed by atoms with E-state index in [9.17, 15) is 13.2 Å². The summed E-state index contributed by atoms with van der Waals surface area (Å²) in [6, 6.07) is 4.13. The van der Waals surface area contributed by atoms with Crippen molar-refractivity contribution in [2.24, 2.45) is 0 Å². The molecule has 1 saturated heterocycles. The maximum atomic E-state index is 13.2. The van der Waals surface area contributed by atoms with E-state index in [2.05, 4.69) is 17.1 Å². The van der Waals surface area contributed by atoms with Gasteiger partial charge in [-0.2, -0.15) is 13.2 Å². The Labute approximate surface area is 142 Å². The van der Waals surface area contributed by atoms with Crippen LogP contribution in [0.3, 0.4) is 0 Å². The average molecular weight is 344 g/mol. The van der Waals surface area contributed by atoms with Crippen molar-refractivity contribution in [1.29, 1.82) is 0 Å². The van der Waals surface area contributed by atoms with Crippen molar-refractivity contribution < 1.29 is 17.9 Å². The fourth-order valence-electron chi connectivity index (χ4n) is 3.24. The second kappa shape index (κ2) is 8.72. The van der Waals surface area contributed by atoms with Crippen molar-refractivity contribution in [3.63, 3.8) is 0 Å². The molecular weight excluding hydrogens is 317 g/mol. The molecule has 1 aliphatic heterocycles. The van der Waals surface area contributed by atoms with Crippen LogP contribution in [0.15, 0.2) is 18.2 Å². The van der Waals surface area contributed by atoms with Crippen LogP contribution in [0.4, 0.5) is 13.2 Å². The van der Waals surface area contributed by atoms with Gasteiger partial charge in [0.1, 0.15) is 5.75 Å². The minimum Gasteiger partial charge on any atom is -0.497 e. The highest BCUT2D eigenvalue weighted by atomic mass is 19.4.